The number of aromatic nitrogens is 1. The fourth-order valence-electron chi connectivity index (χ4n) is 2.12. The van der Waals surface area contributed by atoms with Gasteiger partial charge in [-0.2, -0.15) is 5.26 Å². The molecule has 1 amide bonds. The predicted octanol–water partition coefficient (Wildman–Crippen LogP) is -0.104. The zero-order valence-corrected chi connectivity index (χ0v) is 14.4. The van der Waals surface area contributed by atoms with Crippen molar-refractivity contribution in [2.24, 2.45) is 5.73 Å². The summed E-state index contributed by atoms with van der Waals surface area (Å²) in [6.45, 7) is 2.02. The zero-order chi connectivity index (χ0) is 18.6. The van der Waals surface area contributed by atoms with E-state index in [1.54, 1.807) is 31.2 Å². The smallest absolute Gasteiger partial charge is 0.277 e. The quantitative estimate of drug-likeness (QED) is 0.792. The average molecular weight is 357 g/mol. The summed E-state index contributed by atoms with van der Waals surface area (Å²) >= 11 is 0.971. The number of nitrogens with zero attached hydrogens (tertiary/aromatic N) is 2. The summed E-state index contributed by atoms with van der Waals surface area (Å²) in [7, 11) is 1.43. The van der Waals surface area contributed by atoms with E-state index in [4.69, 9.17) is 15.7 Å². The van der Waals surface area contributed by atoms with E-state index in [0.717, 1.165) is 11.3 Å². The van der Waals surface area contributed by atoms with E-state index < -0.39 is 5.91 Å². The first-order valence-electron chi connectivity index (χ1n) is 7.20. The van der Waals surface area contributed by atoms with Gasteiger partial charge >= 0.3 is 0 Å². The molecule has 2 aromatic rings. The van der Waals surface area contributed by atoms with Crippen LogP contribution >= 0.6 is 11.3 Å². The van der Waals surface area contributed by atoms with Crippen LogP contribution in [-0.2, 0) is 11.3 Å². The summed E-state index contributed by atoms with van der Waals surface area (Å²) in [5.74, 6) is -0.590. The van der Waals surface area contributed by atoms with Gasteiger partial charge in [-0.3, -0.25) is 14.2 Å². The molecule has 0 bridgehead atoms. The van der Waals surface area contributed by atoms with Gasteiger partial charge in [0.05, 0.1) is 7.11 Å². The van der Waals surface area contributed by atoms with E-state index in [9.17, 15) is 14.7 Å². The molecule has 0 spiro atoms. The number of phenols is 1. The first-order valence-corrected chi connectivity index (χ1v) is 8.02. The van der Waals surface area contributed by atoms with Gasteiger partial charge in [0.1, 0.15) is 15.3 Å². The highest BCUT2D eigenvalue weighted by atomic mass is 32.1. The fourth-order valence-corrected chi connectivity index (χ4v) is 3.20. The first-order chi connectivity index (χ1) is 11.9. The summed E-state index contributed by atoms with van der Waals surface area (Å²) in [6.07, 6.45) is 1.55. The summed E-state index contributed by atoms with van der Waals surface area (Å²) in [5.41, 5.74) is 8.10. The number of primary amides is 1. The Morgan fingerprint density at radius 1 is 1.52 bits per heavy atom. The minimum absolute atomic E-state index is 0.00104. The van der Waals surface area contributed by atoms with E-state index in [1.165, 1.54) is 17.7 Å². The molecule has 0 saturated carbocycles. The van der Waals surface area contributed by atoms with Crippen LogP contribution in [0.25, 0.3) is 17.4 Å². The third-order valence-corrected chi connectivity index (χ3v) is 4.46. The van der Waals surface area contributed by atoms with Crippen LogP contribution in [0.3, 0.4) is 0 Å². The van der Waals surface area contributed by atoms with Gasteiger partial charge in [-0.1, -0.05) is 11.8 Å². The van der Waals surface area contributed by atoms with Gasteiger partial charge in [-0.15, -0.1) is 11.3 Å². The van der Waals surface area contributed by atoms with Crippen molar-refractivity contribution in [2.75, 3.05) is 7.11 Å². The molecule has 0 saturated heterocycles. The van der Waals surface area contributed by atoms with Crippen molar-refractivity contribution in [3.05, 3.63) is 43.3 Å². The Labute approximate surface area is 146 Å². The SMILES string of the molecule is CCn1c(=O)c(=C=Cc2ccc(O)c(OC)c2)s/c1=C(/C#N)C(N)=O. The second-order valence-corrected chi connectivity index (χ2v) is 5.86. The molecule has 8 heteroatoms. The molecule has 1 heterocycles. The van der Waals surface area contributed by atoms with E-state index in [-0.39, 0.29) is 32.6 Å². The molecular weight excluding hydrogens is 342 g/mol. The number of hydrogen-bond donors (Lipinski definition) is 2. The Hall–Kier alpha value is -3.27. The standard InChI is InChI=1S/C17H15N3O4S/c1-3-20-16(23)14(25-17(20)11(9-18)15(19)22)7-5-10-4-6-12(21)13(8-10)24-2/h4-6,8,21H,3H2,1-2H3,(H2,19,22)/b17-11-. The number of methoxy groups -OCH3 is 1. The number of phenolic OH excluding ortho intramolecular Hbond substituents is 1. The topological polar surface area (TPSA) is 118 Å². The zero-order valence-electron chi connectivity index (χ0n) is 13.6. The number of carbonyl (C=O) groups excluding carboxylic acids is 1. The van der Waals surface area contributed by atoms with Crippen LogP contribution in [0.1, 0.15) is 12.5 Å². The maximum Gasteiger partial charge on any atom is 0.277 e. The molecule has 2 rings (SSSR count). The Morgan fingerprint density at radius 2 is 2.24 bits per heavy atom. The number of nitriles is 1. The predicted molar refractivity (Wildman–Crippen MR) is 94.2 cm³/mol. The van der Waals surface area contributed by atoms with Gasteiger partial charge in [-0.05, 0) is 30.7 Å². The third-order valence-electron chi connectivity index (χ3n) is 3.35. The summed E-state index contributed by atoms with van der Waals surface area (Å²) in [5, 5.41) is 18.7. The third kappa shape index (κ3) is 3.63. The summed E-state index contributed by atoms with van der Waals surface area (Å²) < 4.78 is 6.77. The minimum atomic E-state index is -0.884. The Morgan fingerprint density at radius 3 is 2.80 bits per heavy atom. The van der Waals surface area contributed by atoms with Crippen molar-refractivity contribution in [1.82, 2.24) is 4.57 Å². The lowest BCUT2D eigenvalue weighted by molar-refractivity contribution is -0.112. The highest BCUT2D eigenvalue weighted by molar-refractivity contribution is 7.07. The van der Waals surface area contributed by atoms with E-state index in [1.807, 2.05) is 0 Å². The second-order valence-electron chi connectivity index (χ2n) is 4.86. The van der Waals surface area contributed by atoms with Crippen LogP contribution in [0.5, 0.6) is 11.5 Å². The molecule has 0 unspecified atom stereocenters. The lowest BCUT2D eigenvalue weighted by Crippen LogP contribution is -2.32. The summed E-state index contributed by atoms with van der Waals surface area (Å²) in [6, 6.07) is 6.42. The lowest BCUT2D eigenvalue weighted by atomic mass is 10.2. The Kier molecular flexibility index (Phi) is 5.45. The summed E-state index contributed by atoms with van der Waals surface area (Å²) in [4.78, 5) is 23.8. The van der Waals surface area contributed by atoms with Crippen molar-refractivity contribution in [3.63, 3.8) is 0 Å². The highest BCUT2D eigenvalue weighted by Gasteiger charge is 2.11. The van der Waals surface area contributed by atoms with Crippen LogP contribution < -0.4 is 25.2 Å². The molecular formula is C17H15N3O4S. The van der Waals surface area contributed by atoms with Crippen molar-refractivity contribution in [1.29, 1.82) is 5.26 Å². The van der Waals surface area contributed by atoms with Gasteiger partial charge in [0.15, 0.2) is 17.1 Å². The molecule has 1 aromatic heterocycles. The number of amides is 1. The van der Waals surface area contributed by atoms with Crippen molar-refractivity contribution in [2.45, 2.75) is 13.5 Å². The molecule has 1 aromatic carbocycles. The number of hydrogen-bond acceptors (Lipinski definition) is 6. The molecule has 0 atom stereocenters. The largest absolute Gasteiger partial charge is 0.504 e. The molecule has 0 radical (unpaired) electrons. The fraction of sp³-hybridized carbons (Fsp3) is 0.176. The molecule has 0 fully saturated rings. The Balaban J connectivity index is 2.75. The lowest BCUT2D eigenvalue weighted by Gasteiger charge is -2.02. The number of nitrogens with two attached hydrogens (primary N) is 1. The molecule has 25 heavy (non-hydrogen) atoms. The van der Waals surface area contributed by atoms with Crippen LogP contribution in [-0.4, -0.2) is 22.7 Å². The van der Waals surface area contributed by atoms with Gasteiger partial charge in [0, 0.05) is 6.54 Å². The minimum Gasteiger partial charge on any atom is -0.504 e. The van der Waals surface area contributed by atoms with Crippen LogP contribution in [0, 0.1) is 11.3 Å². The van der Waals surface area contributed by atoms with E-state index in [0.29, 0.717) is 11.3 Å². The maximum absolute atomic E-state index is 12.4. The molecule has 0 aliphatic heterocycles. The van der Waals surface area contributed by atoms with Crippen molar-refractivity contribution in [3.8, 4) is 17.6 Å². The van der Waals surface area contributed by atoms with Gasteiger partial charge in [-0.25, -0.2) is 0 Å². The Bertz CT molecular complexity index is 1080. The van der Waals surface area contributed by atoms with Crippen LogP contribution in [0.15, 0.2) is 23.0 Å². The van der Waals surface area contributed by atoms with Gasteiger partial charge < -0.3 is 15.6 Å². The van der Waals surface area contributed by atoms with Crippen molar-refractivity contribution >= 4 is 34.6 Å². The molecule has 3 N–H and O–H groups in total. The van der Waals surface area contributed by atoms with Gasteiger partial charge in [0.2, 0.25) is 0 Å². The molecule has 7 nitrogen and oxygen atoms in total. The van der Waals surface area contributed by atoms with Crippen LogP contribution in [0.4, 0.5) is 0 Å². The maximum atomic E-state index is 12.4. The van der Waals surface area contributed by atoms with Gasteiger partial charge in [0.25, 0.3) is 11.5 Å². The van der Waals surface area contributed by atoms with E-state index in [2.05, 4.69) is 5.73 Å². The number of rotatable bonds is 4. The van der Waals surface area contributed by atoms with Crippen LogP contribution in [0.2, 0.25) is 0 Å². The monoisotopic (exact) mass is 357 g/mol. The first kappa shape index (κ1) is 18.1. The highest BCUT2D eigenvalue weighted by Crippen LogP contribution is 2.26. The van der Waals surface area contributed by atoms with Crippen molar-refractivity contribution < 1.29 is 14.6 Å². The number of thiazole rings is 1. The molecule has 0 aliphatic carbocycles. The molecule has 0 aliphatic rings. The number of aromatic hydroxyl groups is 1. The average Bonchev–Trinajstić information content (AvgIpc) is 2.90. The second kappa shape index (κ2) is 7.53. The molecule has 128 valence electrons. The normalized spacial score (nSPS) is 11.2. The number of ether oxygens (including phenoxy) is 1. The number of carbonyl (C=O) groups is 1. The number of benzene rings is 1. The van der Waals surface area contributed by atoms with E-state index >= 15 is 0 Å².